The lowest BCUT2D eigenvalue weighted by Crippen LogP contribution is -2.32. The van der Waals surface area contributed by atoms with Crippen LogP contribution in [0.4, 0.5) is 0 Å². The normalized spacial score (nSPS) is 12.1. The van der Waals surface area contributed by atoms with Crippen molar-refractivity contribution >= 4 is 5.91 Å². The van der Waals surface area contributed by atoms with Crippen molar-refractivity contribution in [3.05, 3.63) is 59.9 Å². The Kier molecular flexibility index (Phi) is 4.36. The summed E-state index contributed by atoms with van der Waals surface area (Å²) in [4.78, 5) is 16.9. The average Bonchev–Trinajstić information content (AvgIpc) is 2.98. The number of aromatic amines is 1. The third kappa shape index (κ3) is 3.03. The van der Waals surface area contributed by atoms with Gasteiger partial charge in [0.2, 0.25) is 0 Å². The summed E-state index contributed by atoms with van der Waals surface area (Å²) in [5.41, 5.74) is 1.58. The molecule has 2 rings (SSSR count). The van der Waals surface area contributed by atoms with Crippen LogP contribution in [0.2, 0.25) is 0 Å². The molecule has 0 saturated carbocycles. The summed E-state index contributed by atoms with van der Waals surface area (Å²) in [7, 11) is 1.76. The zero-order valence-corrected chi connectivity index (χ0v) is 10.9. The number of nitrogens with zero attached hydrogens (tertiary/aromatic N) is 1. The molecular formula is C15H18N2O2. The molecule has 0 aliphatic rings. The lowest BCUT2D eigenvalue weighted by Gasteiger charge is -2.28. The summed E-state index contributed by atoms with van der Waals surface area (Å²) >= 11 is 0. The average molecular weight is 258 g/mol. The maximum Gasteiger partial charge on any atom is 0.270 e. The first-order valence-electron chi connectivity index (χ1n) is 6.30. The predicted molar refractivity (Wildman–Crippen MR) is 73.8 cm³/mol. The first kappa shape index (κ1) is 13.4. The number of aliphatic hydroxyl groups is 1. The number of amides is 1. The van der Waals surface area contributed by atoms with Crippen LogP contribution in [0, 0.1) is 0 Å². The second kappa shape index (κ2) is 6.20. The number of aliphatic hydroxyl groups excluding tert-OH is 1. The zero-order valence-electron chi connectivity index (χ0n) is 10.9. The molecule has 0 bridgehead atoms. The Bertz CT molecular complexity index is 508. The molecule has 19 heavy (non-hydrogen) atoms. The number of rotatable bonds is 5. The predicted octanol–water partition coefficient (Wildman–Crippen LogP) is 2.21. The number of carbonyl (C=O) groups is 1. The van der Waals surface area contributed by atoms with Gasteiger partial charge < -0.3 is 15.0 Å². The Hall–Kier alpha value is -2.07. The summed E-state index contributed by atoms with van der Waals surface area (Å²) in [5.74, 6) is -0.0766. The fourth-order valence-electron chi connectivity index (χ4n) is 2.18. The lowest BCUT2D eigenvalue weighted by molar-refractivity contribution is 0.0700. The van der Waals surface area contributed by atoms with E-state index in [9.17, 15) is 9.90 Å². The molecule has 1 amide bonds. The van der Waals surface area contributed by atoms with Crippen molar-refractivity contribution in [1.82, 2.24) is 9.88 Å². The van der Waals surface area contributed by atoms with Gasteiger partial charge in [0.05, 0.1) is 6.04 Å². The summed E-state index contributed by atoms with van der Waals surface area (Å²) < 4.78 is 0. The molecule has 4 heteroatoms. The van der Waals surface area contributed by atoms with Gasteiger partial charge in [-0.15, -0.1) is 0 Å². The molecule has 0 radical (unpaired) electrons. The van der Waals surface area contributed by atoms with Gasteiger partial charge in [-0.05, 0) is 24.1 Å². The van der Waals surface area contributed by atoms with E-state index in [1.54, 1.807) is 30.3 Å². The zero-order chi connectivity index (χ0) is 13.7. The van der Waals surface area contributed by atoms with Crippen LogP contribution < -0.4 is 0 Å². The van der Waals surface area contributed by atoms with Crippen molar-refractivity contribution in [2.75, 3.05) is 13.7 Å². The van der Waals surface area contributed by atoms with Gasteiger partial charge in [-0.3, -0.25) is 4.79 Å². The van der Waals surface area contributed by atoms with Crippen LogP contribution in [0.25, 0.3) is 0 Å². The summed E-state index contributed by atoms with van der Waals surface area (Å²) in [6, 6.07) is 13.2. The van der Waals surface area contributed by atoms with E-state index in [0.717, 1.165) is 5.56 Å². The molecule has 1 heterocycles. The minimum absolute atomic E-state index is 0.0436. The Labute approximate surface area is 112 Å². The van der Waals surface area contributed by atoms with Crippen LogP contribution in [0.3, 0.4) is 0 Å². The van der Waals surface area contributed by atoms with E-state index < -0.39 is 0 Å². The second-order valence-electron chi connectivity index (χ2n) is 4.44. The highest BCUT2D eigenvalue weighted by atomic mass is 16.3. The molecule has 2 aromatic rings. The molecular weight excluding hydrogens is 240 g/mol. The molecule has 1 aromatic carbocycles. The maximum absolute atomic E-state index is 12.3. The standard InChI is InChI=1S/C15H18N2O2/c1-17(15(19)13-8-5-10-16-13)14(9-11-18)12-6-3-2-4-7-12/h2-8,10,14,16,18H,9,11H2,1H3. The summed E-state index contributed by atoms with van der Waals surface area (Å²) in [6.45, 7) is 0.0436. The molecule has 0 saturated heterocycles. The van der Waals surface area contributed by atoms with Crippen LogP contribution in [0.1, 0.15) is 28.5 Å². The monoisotopic (exact) mass is 258 g/mol. The number of benzene rings is 1. The van der Waals surface area contributed by atoms with Crippen molar-refractivity contribution in [2.45, 2.75) is 12.5 Å². The van der Waals surface area contributed by atoms with Gasteiger partial charge in [0.25, 0.3) is 5.91 Å². The van der Waals surface area contributed by atoms with E-state index in [1.165, 1.54) is 0 Å². The SMILES string of the molecule is CN(C(=O)c1ccc[nH]1)C(CCO)c1ccccc1. The minimum Gasteiger partial charge on any atom is -0.396 e. The Morgan fingerprint density at radius 1 is 1.26 bits per heavy atom. The van der Waals surface area contributed by atoms with Crippen molar-refractivity contribution in [3.8, 4) is 0 Å². The van der Waals surface area contributed by atoms with Gasteiger partial charge in [-0.25, -0.2) is 0 Å². The van der Waals surface area contributed by atoms with Gasteiger partial charge in [0, 0.05) is 19.9 Å². The highest BCUT2D eigenvalue weighted by molar-refractivity contribution is 5.92. The molecule has 2 N–H and O–H groups in total. The van der Waals surface area contributed by atoms with Gasteiger partial charge >= 0.3 is 0 Å². The Balaban J connectivity index is 2.22. The Morgan fingerprint density at radius 2 is 2.00 bits per heavy atom. The minimum atomic E-state index is -0.123. The topological polar surface area (TPSA) is 56.3 Å². The molecule has 0 aliphatic heterocycles. The maximum atomic E-state index is 12.3. The quantitative estimate of drug-likeness (QED) is 0.864. The first-order chi connectivity index (χ1) is 9.24. The van der Waals surface area contributed by atoms with Gasteiger partial charge in [-0.2, -0.15) is 0 Å². The molecule has 1 atom stereocenters. The number of aromatic nitrogens is 1. The van der Waals surface area contributed by atoms with Gasteiger partial charge in [-0.1, -0.05) is 30.3 Å². The molecule has 4 nitrogen and oxygen atoms in total. The van der Waals surface area contributed by atoms with Crippen molar-refractivity contribution in [1.29, 1.82) is 0 Å². The van der Waals surface area contributed by atoms with Crippen molar-refractivity contribution in [3.63, 3.8) is 0 Å². The molecule has 1 aromatic heterocycles. The summed E-state index contributed by atoms with van der Waals surface area (Å²) in [6.07, 6.45) is 2.25. The van der Waals surface area contributed by atoms with Crippen molar-refractivity contribution in [2.24, 2.45) is 0 Å². The molecule has 0 spiro atoms. The van der Waals surface area contributed by atoms with E-state index in [-0.39, 0.29) is 18.6 Å². The molecule has 1 unspecified atom stereocenters. The third-order valence-electron chi connectivity index (χ3n) is 3.20. The van der Waals surface area contributed by atoms with Crippen LogP contribution >= 0.6 is 0 Å². The van der Waals surface area contributed by atoms with Gasteiger partial charge in [0.1, 0.15) is 5.69 Å². The van der Waals surface area contributed by atoms with E-state index in [0.29, 0.717) is 12.1 Å². The van der Waals surface area contributed by atoms with Crippen LogP contribution in [-0.2, 0) is 0 Å². The number of H-pyrrole nitrogens is 1. The van der Waals surface area contributed by atoms with Gasteiger partial charge in [0.15, 0.2) is 0 Å². The molecule has 0 aliphatic carbocycles. The van der Waals surface area contributed by atoms with Crippen LogP contribution in [0.5, 0.6) is 0 Å². The highest BCUT2D eigenvalue weighted by Crippen LogP contribution is 2.23. The molecule has 100 valence electrons. The summed E-state index contributed by atoms with van der Waals surface area (Å²) in [5, 5.41) is 9.21. The lowest BCUT2D eigenvalue weighted by atomic mass is 10.0. The number of carbonyl (C=O) groups excluding carboxylic acids is 1. The number of nitrogens with one attached hydrogen (secondary N) is 1. The van der Waals surface area contributed by atoms with Crippen molar-refractivity contribution < 1.29 is 9.90 Å². The highest BCUT2D eigenvalue weighted by Gasteiger charge is 2.22. The molecule has 0 fully saturated rings. The van der Waals surface area contributed by atoms with Crippen LogP contribution in [-0.4, -0.2) is 34.6 Å². The van der Waals surface area contributed by atoms with Crippen LogP contribution in [0.15, 0.2) is 48.7 Å². The first-order valence-corrected chi connectivity index (χ1v) is 6.30. The third-order valence-corrected chi connectivity index (χ3v) is 3.20. The fraction of sp³-hybridized carbons (Fsp3) is 0.267. The second-order valence-corrected chi connectivity index (χ2v) is 4.44. The Morgan fingerprint density at radius 3 is 2.58 bits per heavy atom. The smallest absolute Gasteiger partial charge is 0.270 e. The van der Waals surface area contributed by atoms with E-state index in [4.69, 9.17) is 0 Å². The number of hydrogen-bond donors (Lipinski definition) is 2. The largest absolute Gasteiger partial charge is 0.396 e. The van der Waals surface area contributed by atoms with E-state index in [2.05, 4.69) is 4.98 Å². The van der Waals surface area contributed by atoms with E-state index >= 15 is 0 Å². The fourth-order valence-corrected chi connectivity index (χ4v) is 2.18. The van der Waals surface area contributed by atoms with E-state index in [1.807, 2.05) is 30.3 Å². The number of hydrogen-bond acceptors (Lipinski definition) is 2.